The molecule has 0 aromatic carbocycles. The minimum atomic E-state index is 0.130. The minimum Gasteiger partial charge on any atom is -0.311 e. The Labute approximate surface area is 133 Å². The Morgan fingerprint density at radius 3 is 2.62 bits per heavy atom. The second-order valence-electron chi connectivity index (χ2n) is 7.11. The Morgan fingerprint density at radius 1 is 1.43 bits per heavy atom. The lowest BCUT2D eigenvalue weighted by molar-refractivity contribution is 0.0454. The monoisotopic (exact) mass is 312 g/mol. The summed E-state index contributed by atoms with van der Waals surface area (Å²) in [6.45, 7) is 14.2. The number of aryl methyl sites for hydroxylation is 2. The summed E-state index contributed by atoms with van der Waals surface area (Å²) < 4.78 is 1.95. The highest BCUT2D eigenvalue weighted by molar-refractivity contribution is 6.31. The molecule has 1 unspecified atom stereocenters. The number of rotatable bonds is 4. The fourth-order valence-electron chi connectivity index (χ4n) is 2.94. The summed E-state index contributed by atoms with van der Waals surface area (Å²) in [6.07, 6.45) is 0.881. The number of hydrogen-bond acceptors (Lipinski definition) is 3. The van der Waals surface area contributed by atoms with Crippen LogP contribution < -0.4 is 5.32 Å². The lowest BCUT2D eigenvalue weighted by atomic mass is 9.92. The Hall–Kier alpha value is -0.580. The van der Waals surface area contributed by atoms with Crippen LogP contribution in [0.2, 0.25) is 5.02 Å². The van der Waals surface area contributed by atoms with Gasteiger partial charge >= 0.3 is 0 Å². The van der Waals surface area contributed by atoms with Crippen LogP contribution in [0.4, 0.5) is 0 Å². The molecular weight excluding hydrogens is 284 g/mol. The zero-order chi connectivity index (χ0) is 15.8. The Morgan fingerprint density at radius 2 is 2.10 bits per heavy atom. The zero-order valence-corrected chi connectivity index (χ0v) is 15.0. The van der Waals surface area contributed by atoms with Gasteiger partial charge in [-0.2, -0.15) is 5.10 Å². The maximum atomic E-state index is 6.52. The van der Waals surface area contributed by atoms with E-state index in [-0.39, 0.29) is 5.54 Å². The fraction of sp³-hybridized carbons (Fsp3) is 0.812. The van der Waals surface area contributed by atoms with Crippen molar-refractivity contribution >= 4 is 11.6 Å². The van der Waals surface area contributed by atoms with Gasteiger partial charge in [-0.1, -0.05) is 32.4 Å². The molecule has 4 nitrogen and oxygen atoms in total. The molecule has 1 aromatic heterocycles. The highest BCUT2D eigenvalue weighted by Gasteiger charge is 2.35. The number of halogens is 1. The van der Waals surface area contributed by atoms with E-state index >= 15 is 0 Å². The third kappa shape index (κ3) is 3.43. The summed E-state index contributed by atoms with van der Waals surface area (Å²) in [7, 11) is 2.00. The van der Waals surface area contributed by atoms with Crippen LogP contribution in [-0.4, -0.2) is 39.4 Å². The van der Waals surface area contributed by atoms with Gasteiger partial charge in [0.25, 0.3) is 0 Å². The first-order chi connectivity index (χ1) is 9.76. The van der Waals surface area contributed by atoms with Crippen molar-refractivity contribution in [2.45, 2.75) is 59.2 Å². The molecule has 2 heterocycles. The van der Waals surface area contributed by atoms with Gasteiger partial charge in [0.2, 0.25) is 0 Å². The first-order valence-corrected chi connectivity index (χ1v) is 8.32. The standard InChI is InChI=1S/C16H29ClN4/c1-7-12-15(17)14(20(6)19-12)9-21-8-13(11(2)3)18-10-16(21,4)5/h11,13,18H,7-10H2,1-6H3. The summed E-state index contributed by atoms with van der Waals surface area (Å²) in [5, 5.41) is 9.05. The van der Waals surface area contributed by atoms with Crippen LogP contribution in [-0.2, 0) is 20.0 Å². The molecule has 5 heteroatoms. The van der Waals surface area contributed by atoms with Crippen LogP contribution in [0.3, 0.4) is 0 Å². The lowest BCUT2D eigenvalue weighted by Crippen LogP contribution is -2.62. The molecule has 1 aliphatic rings. The van der Waals surface area contributed by atoms with Gasteiger partial charge in [-0.25, -0.2) is 0 Å². The fourth-order valence-corrected chi connectivity index (χ4v) is 3.29. The summed E-state index contributed by atoms with van der Waals surface area (Å²) in [4.78, 5) is 2.54. The molecule has 2 rings (SSSR count). The third-order valence-electron chi connectivity index (χ3n) is 4.72. The molecule has 0 bridgehead atoms. The van der Waals surface area contributed by atoms with Gasteiger partial charge in [0.15, 0.2) is 0 Å². The summed E-state index contributed by atoms with van der Waals surface area (Å²) in [6, 6.07) is 0.538. The van der Waals surface area contributed by atoms with Crippen LogP contribution in [0.15, 0.2) is 0 Å². The number of aromatic nitrogens is 2. The van der Waals surface area contributed by atoms with Crippen molar-refractivity contribution in [1.29, 1.82) is 0 Å². The van der Waals surface area contributed by atoms with E-state index in [0.717, 1.165) is 42.5 Å². The molecule has 1 saturated heterocycles. The summed E-state index contributed by atoms with van der Waals surface area (Å²) in [5.41, 5.74) is 2.26. The number of hydrogen-bond donors (Lipinski definition) is 1. The molecule has 120 valence electrons. The van der Waals surface area contributed by atoms with Gasteiger partial charge in [-0.05, 0) is 26.2 Å². The average Bonchev–Trinajstić information content (AvgIpc) is 2.67. The van der Waals surface area contributed by atoms with E-state index < -0.39 is 0 Å². The van der Waals surface area contributed by atoms with Gasteiger partial charge in [0, 0.05) is 38.3 Å². The van der Waals surface area contributed by atoms with E-state index in [1.165, 1.54) is 0 Å². The maximum Gasteiger partial charge on any atom is 0.0863 e. The predicted octanol–water partition coefficient (Wildman–Crippen LogP) is 2.84. The smallest absolute Gasteiger partial charge is 0.0863 e. The van der Waals surface area contributed by atoms with Crippen molar-refractivity contribution in [3.63, 3.8) is 0 Å². The zero-order valence-electron chi connectivity index (χ0n) is 14.2. The molecule has 1 aromatic rings. The quantitative estimate of drug-likeness (QED) is 0.928. The molecule has 0 radical (unpaired) electrons. The van der Waals surface area contributed by atoms with Crippen LogP contribution in [0.1, 0.15) is 46.0 Å². The van der Waals surface area contributed by atoms with Crippen molar-refractivity contribution in [3.05, 3.63) is 16.4 Å². The van der Waals surface area contributed by atoms with Crippen molar-refractivity contribution in [2.24, 2.45) is 13.0 Å². The van der Waals surface area contributed by atoms with Crippen LogP contribution in [0.5, 0.6) is 0 Å². The van der Waals surface area contributed by atoms with E-state index in [4.69, 9.17) is 11.6 Å². The van der Waals surface area contributed by atoms with E-state index in [2.05, 4.69) is 49.9 Å². The van der Waals surface area contributed by atoms with Crippen molar-refractivity contribution in [1.82, 2.24) is 20.0 Å². The van der Waals surface area contributed by atoms with Gasteiger partial charge in [0.05, 0.1) is 16.4 Å². The maximum absolute atomic E-state index is 6.52. The number of nitrogens with zero attached hydrogens (tertiary/aromatic N) is 3. The predicted molar refractivity (Wildman–Crippen MR) is 88.7 cm³/mol. The summed E-state index contributed by atoms with van der Waals surface area (Å²) >= 11 is 6.52. The van der Waals surface area contributed by atoms with Crippen molar-refractivity contribution in [2.75, 3.05) is 13.1 Å². The highest BCUT2D eigenvalue weighted by atomic mass is 35.5. The number of piperazine rings is 1. The highest BCUT2D eigenvalue weighted by Crippen LogP contribution is 2.27. The molecular formula is C16H29ClN4. The van der Waals surface area contributed by atoms with Gasteiger partial charge in [-0.3, -0.25) is 9.58 Å². The van der Waals surface area contributed by atoms with Crippen molar-refractivity contribution in [3.8, 4) is 0 Å². The minimum absolute atomic E-state index is 0.130. The normalized spacial score (nSPS) is 23.0. The van der Waals surface area contributed by atoms with Crippen LogP contribution in [0.25, 0.3) is 0 Å². The Bertz CT molecular complexity index is 493. The van der Waals surface area contributed by atoms with Gasteiger partial charge < -0.3 is 5.32 Å². The van der Waals surface area contributed by atoms with Crippen molar-refractivity contribution < 1.29 is 0 Å². The summed E-state index contributed by atoms with van der Waals surface area (Å²) in [5.74, 6) is 0.636. The number of nitrogens with one attached hydrogen (secondary N) is 1. The Balaban J connectivity index is 2.21. The molecule has 21 heavy (non-hydrogen) atoms. The molecule has 0 spiro atoms. The van der Waals surface area contributed by atoms with E-state index in [1.54, 1.807) is 0 Å². The largest absolute Gasteiger partial charge is 0.311 e. The molecule has 1 aliphatic heterocycles. The van der Waals surface area contributed by atoms with Crippen LogP contribution in [0, 0.1) is 5.92 Å². The first kappa shape index (κ1) is 16.8. The molecule has 0 saturated carbocycles. The van der Waals surface area contributed by atoms with E-state index in [9.17, 15) is 0 Å². The Kier molecular flexibility index (Phi) is 5.01. The molecule has 1 atom stereocenters. The second kappa shape index (κ2) is 6.27. The SMILES string of the molecule is CCc1nn(C)c(CN2CC(C(C)C)NCC2(C)C)c1Cl. The topological polar surface area (TPSA) is 33.1 Å². The van der Waals surface area contributed by atoms with Crippen LogP contribution >= 0.6 is 11.6 Å². The molecule has 1 fully saturated rings. The molecule has 0 amide bonds. The second-order valence-corrected chi connectivity index (χ2v) is 7.49. The molecule has 1 N–H and O–H groups in total. The lowest BCUT2D eigenvalue weighted by Gasteiger charge is -2.47. The van der Waals surface area contributed by atoms with E-state index in [1.807, 2.05) is 11.7 Å². The van der Waals surface area contributed by atoms with Gasteiger partial charge in [0.1, 0.15) is 0 Å². The third-order valence-corrected chi connectivity index (χ3v) is 5.15. The first-order valence-electron chi connectivity index (χ1n) is 7.95. The molecule has 0 aliphatic carbocycles. The van der Waals surface area contributed by atoms with Gasteiger partial charge in [-0.15, -0.1) is 0 Å². The van der Waals surface area contributed by atoms with E-state index in [0.29, 0.717) is 12.0 Å². The average molecular weight is 313 g/mol.